The number of carbonyl (C=O) groups excluding carboxylic acids is 2. The van der Waals surface area contributed by atoms with Gasteiger partial charge in [0.2, 0.25) is 10.0 Å². The van der Waals surface area contributed by atoms with Crippen LogP contribution in [0.4, 0.5) is 0 Å². The Hall–Kier alpha value is -2.51. The third kappa shape index (κ3) is 4.36. The summed E-state index contributed by atoms with van der Waals surface area (Å²) < 4.78 is 31.3. The molecule has 138 valence electrons. The minimum atomic E-state index is -3.96. The van der Waals surface area contributed by atoms with Gasteiger partial charge in [0.25, 0.3) is 0 Å². The van der Waals surface area contributed by atoms with Crippen molar-refractivity contribution in [2.75, 3.05) is 14.2 Å². The molecule has 2 aromatic carbocycles. The predicted molar refractivity (Wildman–Crippen MR) is 97.3 cm³/mol. The van der Waals surface area contributed by atoms with Gasteiger partial charge in [-0.05, 0) is 19.1 Å². The van der Waals surface area contributed by atoms with Crippen LogP contribution in [-0.4, -0.2) is 44.7 Å². The Balaban J connectivity index is 2.32. The van der Waals surface area contributed by atoms with Crippen molar-refractivity contribution in [3.8, 4) is 0 Å². The van der Waals surface area contributed by atoms with Crippen molar-refractivity contribution in [2.24, 2.45) is 0 Å². The average Bonchev–Trinajstić information content (AvgIpc) is 2.65. The second kappa shape index (κ2) is 8.25. The summed E-state index contributed by atoms with van der Waals surface area (Å²) in [5.74, 6) is -1.13. The molecule has 0 unspecified atom stereocenters. The highest BCUT2D eigenvalue weighted by molar-refractivity contribution is 7.89. The maximum absolute atomic E-state index is 12.8. The highest BCUT2D eigenvalue weighted by Gasteiger charge is 2.35. The van der Waals surface area contributed by atoms with E-state index in [9.17, 15) is 18.0 Å². The summed E-state index contributed by atoms with van der Waals surface area (Å²) in [5.41, 5.74) is 1.32. The fourth-order valence-electron chi connectivity index (χ4n) is 2.46. The van der Waals surface area contributed by atoms with Crippen LogP contribution in [0.2, 0.25) is 0 Å². The Morgan fingerprint density at radius 3 is 2.15 bits per heavy atom. The van der Waals surface area contributed by atoms with Crippen LogP contribution in [0.15, 0.2) is 59.5 Å². The van der Waals surface area contributed by atoms with E-state index in [1.165, 1.54) is 19.2 Å². The van der Waals surface area contributed by atoms with Crippen molar-refractivity contribution in [2.45, 2.75) is 24.3 Å². The molecule has 0 saturated heterocycles. The fraction of sp³-hybridized carbons (Fsp3) is 0.263. The molecule has 0 saturated carbocycles. The van der Waals surface area contributed by atoms with E-state index in [0.717, 1.165) is 17.0 Å². The number of aryl methyl sites for hydroxylation is 1. The first-order valence-electron chi connectivity index (χ1n) is 7.98. The Kier molecular flexibility index (Phi) is 6.28. The second-order valence-electron chi connectivity index (χ2n) is 5.87. The first-order chi connectivity index (χ1) is 12.3. The van der Waals surface area contributed by atoms with Crippen LogP contribution in [0, 0.1) is 6.92 Å². The Labute approximate surface area is 153 Å². The van der Waals surface area contributed by atoms with E-state index >= 15 is 0 Å². The first-order valence-corrected chi connectivity index (χ1v) is 9.42. The van der Waals surface area contributed by atoms with E-state index in [2.05, 4.69) is 0 Å². The topological polar surface area (TPSA) is 80.8 Å². The molecule has 0 spiro atoms. The van der Waals surface area contributed by atoms with Crippen LogP contribution in [-0.2, 0) is 19.6 Å². The lowest BCUT2D eigenvalue weighted by Crippen LogP contribution is -2.44. The zero-order chi connectivity index (χ0) is 19.3. The fourth-order valence-corrected chi connectivity index (χ4v) is 3.77. The molecule has 0 heterocycles. The van der Waals surface area contributed by atoms with Crippen LogP contribution in [0.25, 0.3) is 0 Å². The molecule has 7 heteroatoms. The van der Waals surface area contributed by atoms with Gasteiger partial charge in [-0.3, -0.25) is 9.59 Å². The summed E-state index contributed by atoms with van der Waals surface area (Å²) in [4.78, 5) is 24.7. The van der Waals surface area contributed by atoms with Gasteiger partial charge >= 0.3 is 5.97 Å². The summed E-state index contributed by atoms with van der Waals surface area (Å²) in [7, 11) is -1.52. The summed E-state index contributed by atoms with van der Waals surface area (Å²) in [6.45, 7) is 1.84. The molecule has 0 aliphatic heterocycles. The minimum Gasteiger partial charge on any atom is -0.468 e. The summed E-state index contributed by atoms with van der Waals surface area (Å²) >= 11 is 0. The number of ether oxygens (including phenoxy) is 1. The van der Waals surface area contributed by atoms with Crippen molar-refractivity contribution in [1.82, 2.24) is 4.31 Å². The van der Waals surface area contributed by atoms with Crippen LogP contribution >= 0.6 is 0 Å². The van der Waals surface area contributed by atoms with E-state index in [4.69, 9.17) is 4.74 Å². The van der Waals surface area contributed by atoms with Crippen LogP contribution < -0.4 is 0 Å². The number of likely N-dealkylation sites (N-methyl/N-ethyl adjacent to an activating group) is 1. The molecular weight excluding hydrogens is 354 g/mol. The van der Waals surface area contributed by atoms with Crippen molar-refractivity contribution < 1.29 is 22.7 Å². The molecular formula is C19H21NO5S. The number of carbonyl (C=O) groups is 2. The van der Waals surface area contributed by atoms with Gasteiger partial charge in [0.15, 0.2) is 5.78 Å². The Bertz CT molecular complexity index is 876. The van der Waals surface area contributed by atoms with Gasteiger partial charge in [0.05, 0.1) is 12.0 Å². The number of ketones is 1. The zero-order valence-electron chi connectivity index (χ0n) is 14.9. The average molecular weight is 375 g/mol. The molecule has 0 aliphatic rings. The van der Waals surface area contributed by atoms with E-state index in [1.807, 2.05) is 6.92 Å². The standard InChI is InChI=1S/C19H21NO5S/c1-14-9-11-16(12-10-14)26(23,24)20(2)17(19(22)25-3)13-18(21)15-7-5-4-6-8-15/h4-12,17H,13H2,1-3H3/t17-/m0/s1. The van der Waals surface area contributed by atoms with Gasteiger partial charge in [0.1, 0.15) is 6.04 Å². The third-order valence-corrected chi connectivity index (χ3v) is 5.97. The molecule has 0 amide bonds. The van der Waals surface area contributed by atoms with Crippen LogP contribution in [0.5, 0.6) is 0 Å². The van der Waals surface area contributed by atoms with E-state index in [1.54, 1.807) is 42.5 Å². The number of methoxy groups -OCH3 is 1. The van der Waals surface area contributed by atoms with Crippen molar-refractivity contribution in [3.05, 3.63) is 65.7 Å². The van der Waals surface area contributed by atoms with Crippen LogP contribution in [0.3, 0.4) is 0 Å². The molecule has 0 fully saturated rings. The predicted octanol–water partition coefficient (Wildman–Crippen LogP) is 2.43. The molecule has 26 heavy (non-hydrogen) atoms. The molecule has 0 N–H and O–H groups in total. The number of sulfonamides is 1. The molecule has 6 nitrogen and oxygen atoms in total. The number of hydrogen-bond donors (Lipinski definition) is 0. The molecule has 0 aromatic heterocycles. The number of nitrogens with zero attached hydrogens (tertiary/aromatic N) is 1. The maximum atomic E-state index is 12.8. The Morgan fingerprint density at radius 2 is 1.62 bits per heavy atom. The minimum absolute atomic E-state index is 0.0478. The van der Waals surface area contributed by atoms with Crippen LogP contribution in [0.1, 0.15) is 22.3 Å². The first kappa shape index (κ1) is 19.8. The summed E-state index contributed by atoms with van der Waals surface area (Å²) in [6, 6.07) is 13.4. The Morgan fingerprint density at radius 1 is 1.04 bits per heavy atom. The third-order valence-electron chi connectivity index (χ3n) is 4.08. The SMILES string of the molecule is COC(=O)[C@H](CC(=O)c1ccccc1)N(C)S(=O)(=O)c1ccc(C)cc1. The maximum Gasteiger partial charge on any atom is 0.324 e. The molecule has 0 radical (unpaired) electrons. The van der Waals surface area contributed by atoms with Gasteiger partial charge in [-0.2, -0.15) is 4.31 Å². The lowest BCUT2D eigenvalue weighted by Gasteiger charge is -2.25. The van der Waals surface area contributed by atoms with Gasteiger partial charge in [0, 0.05) is 19.0 Å². The number of hydrogen-bond acceptors (Lipinski definition) is 5. The lowest BCUT2D eigenvalue weighted by molar-refractivity contribution is -0.144. The van der Waals surface area contributed by atoms with Gasteiger partial charge in [-0.1, -0.05) is 48.0 Å². The summed E-state index contributed by atoms with van der Waals surface area (Å²) in [6.07, 6.45) is -0.307. The highest BCUT2D eigenvalue weighted by atomic mass is 32.2. The van der Waals surface area contributed by atoms with E-state index in [0.29, 0.717) is 5.56 Å². The number of esters is 1. The number of benzene rings is 2. The highest BCUT2D eigenvalue weighted by Crippen LogP contribution is 2.20. The normalized spacial score (nSPS) is 12.6. The van der Waals surface area contributed by atoms with Crippen molar-refractivity contribution in [3.63, 3.8) is 0 Å². The molecule has 2 aromatic rings. The lowest BCUT2D eigenvalue weighted by atomic mass is 10.0. The van der Waals surface area contributed by atoms with Gasteiger partial charge in [-0.15, -0.1) is 0 Å². The zero-order valence-corrected chi connectivity index (χ0v) is 15.7. The van der Waals surface area contributed by atoms with E-state index in [-0.39, 0.29) is 17.1 Å². The quantitative estimate of drug-likeness (QED) is 0.548. The smallest absolute Gasteiger partial charge is 0.324 e. The summed E-state index contributed by atoms with van der Waals surface area (Å²) in [5, 5.41) is 0. The van der Waals surface area contributed by atoms with Gasteiger partial charge < -0.3 is 4.74 Å². The number of rotatable bonds is 7. The molecule has 2 rings (SSSR count). The molecule has 0 aliphatic carbocycles. The largest absolute Gasteiger partial charge is 0.468 e. The van der Waals surface area contributed by atoms with Gasteiger partial charge in [-0.25, -0.2) is 8.42 Å². The number of Topliss-reactive ketones (excluding diaryl/α,β-unsaturated/α-hetero) is 1. The van der Waals surface area contributed by atoms with E-state index < -0.39 is 22.0 Å². The molecule has 1 atom stereocenters. The van der Waals surface area contributed by atoms with Crippen molar-refractivity contribution in [1.29, 1.82) is 0 Å². The van der Waals surface area contributed by atoms with Crippen molar-refractivity contribution >= 4 is 21.8 Å². The molecule has 0 bridgehead atoms. The second-order valence-corrected chi connectivity index (χ2v) is 7.86. The monoisotopic (exact) mass is 375 g/mol.